The van der Waals surface area contributed by atoms with Crippen LogP contribution in [0.2, 0.25) is 0 Å². The molecule has 0 radical (unpaired) electrons. The highest BCUT2D eigenvalue weighted by Gasteiger charge is 2.29. The monoisotopic (exact) mass is 260 g/mol. The van der Waals surface area contributed by atoms with Crippen LogP contribution < -0.4 is 5.73 Å². The summed E-state index contributed by atoms with van der Waals surface area (Å²) in [5, 5.41) is -0.761. The molecule has 2 unspecified atom stereocenters. The minimum Gasteiger partial charge on any atom is -0.323 e. The first-order valence-corrected chi connectivity index (χ1v) is 6.69. The van der Waals surface area contributed by atoms with E-state index in [1.54, 1.807) is 6.92 Å². The highest BCUT2D eigenvalue weighted by atomic mass is 32.2. The molecule has 0 amide bonds. The van der Waals surface area contributed by atoms with Gasteiger partial charge in [0.25, 0.3) is 0 Å². The molecule has 2 N–H and O–H groups in total. The van der Waals surface area contributed by atoms with Crippen molar-refractivity contribution in [1.82, 2.24) is 4.31 Å². The lowest BCUT2D eigenvalue weighted by molar-refractivity contribution is 0.495. The normalized spacial score (nSPS) is 15.9. The number of rotatable bonds is 4. The predicted molar refractivity (Wildman–Crippen MR) is 65.4 cm³/mol. The van der Waals surface area contributed by atoms with Gasteiger partial charge in [0.05, 0.1) is 5.25 Å². The summed E-state index contributed by atoms with van der Waals surface area (Å²) in [5.74, 6) is -0.371. The van der Waals surface area contributed by atoms with Gasteiger partial charge in [0.15, 0.2) is 0 Å². The molecule has 0 aromatic heterocycles. The third-order valence-electron chi connectivity index (χ3n) is 2.74. The van der Waals surface area contributed by atoms with E-state index < -0.39 is 21.3 Å². The lowest BCUT2D eigenvalue weighted by atomic mass is 10.1. The van der Waals surface area contributed by atoms with Gasteiger partial charge in [0.1, 0.15) is 5.82 Å². The molecular formula is C11H17FN2O2S. The topological polar surface area (TPSA) is 63.4 Å². The summed E-state index contributed by atoms with van der Waals surface area (Å²) in [7, 11) is -0.497. The van der Waals surface area contributed by atoms with E-state index in [1.807, 2.05) is 0 Å². The minimum atomic E-state index is -3.42. The third kappa shape index (κ3) is 3.02. The maximum absolute atomic E-state index is 12.7. The van der Waals surface area contributed by atoms with Crippen LogP contribution in [-0.2, 0) is 10.0 Å². The molecule has 0 saturated heterocycles. The molecule has 0 spiro atoms. The smallest absolute Gasteiger partial charge is 0.218 e. The Hall–Kier alpha value is -0.980. The molecule has 0 bridgehead atoms. The first kappa shape index (κ1) is 14.1. The minimum absolute atomic E-state index is 0.371. The van der Waals surface area contributed by atoms with Crippen LogP contribution in [0, 0.1) is 5.82 Å². The van der Waals surface area contributed by atoms with E-state index in [9.17, 15) is 12.8 Å². The molecule has 0 aliphatic carbocycles. The van der Waals surface area contributed by atoms with Crippen molar-refractivity contribution >= 4 is 10.0 Å². The van der Waals surface area contributed by atoms with Gasteiger partial charge in [0, 0.05) is 20.1 Å². The van der Waals surface area contributed by atoms with Crippen LogP contribution in [0.1, 0.15) is 18.5 Å². The first-order chi connectivity index (χ1) is 7.76. The fourth-order valence-corrected chi connectivity index (χ4v) is 2.67. The van der Waals surface area contributed by atoms with Crippen molar-refractivity contribution in [1.29, 1.82) is 0 Å². The van der Waals surface area contributed by atoms with Crippen LogP contribution in [0.4, 0.5) is 4.39 Å². The molecule has 1 aromatic carbocycles. The fourth-order valence-electron chi connectivity index (χ4n) is 1.47. The van der Waals surface area contributed by atoms with Gasteiger partial charge in [-0.3, -0.25) is 0 Å². The Morgan fingerprint density at radius 2 is 1.71 bits per heavy atom. The van der Waals surface area contributed by atoms with Crippen molar-refractivity contribution in [2.75, 3.05) is 14.1 Å². The maximum Gasteiger partial charge on any atom is 0.218 e. The van der Waals surface area contributed by atoms with E-state index in [2.05, 4.69) is 0 Å². The molecule has 1 aromatic rings. The summed E-state index contributed by atoms with van der Waals surface area (Å²) in [5.41, 5.74) is 6.49. The molecule has 4 nitrogen and oxygen atoms in total. The zero-order chi connectivity index (χ0) is 13.2. The Morgan fingerprint density at radius 1 is 1.24 bits per heavy atom. The molecule has 0 aliphatic rings. The van der Waals surface area contributed by atoms with E-state index >= 15 is 0 Å². The molecular weight excluding hydrogens is 243 g/mol. The SMILES string of the molecule is CC(C(N)c1ccc(F)cc1)S(=O)(=O)N(C)C. The van der Waals surface area contributed by atoms with Gasteiger partial charge in [-0.05, 0) is 24.6 Å². The van der Waals surface area contributed by atoms with Gasteiger partial charge >= 0.3 is 0 Å². The van der Waals surface area contributed by atoms with Crippen LogP contribution in [0.15, 0.2) is 24.3 Å². The van der Waals surface area contributed by atoms with Crippen molar-refractivity contribution in [3.63, 3.8) is 0 Å². The Labute approximate surface area is 101 Å². The van der Waals surface area contributed by atoms with Crippen LogP contribution >= 0.6 is 0 Å². The molecule has 96 valence electrons. The summed E-state index contributed by atoms with van der Waals surface area (Å²) in [6, 6.07) is 4.86. The second-order valence-corrected chi connectivity index (χ2v) is 6.61. The summed E-state index contributed by atoms with van der Waals surface area (Å²) in [4.78, 5) is 0. The van der Waals surface area contributed by atoms with Gasteiger partial charge in [-0.1, -0.05) is 12.1 Å². The van der Waals surface area contributed by atoms with E-state index in [1.165, 1.54) is 38.4 Å². The zero-order valence-corrected chi connectivity index (χ0v) is 10.9. The molecule has 1 rings (SSSR count). The maximum atomic E-state index is 12.7. The van der Waals surface area contributed by atoms with E-state index in [-0.39, 0.29) is 5.82 Å². The Bertz CT molecular complexity index is 471. The highest BCUT2D eigenvalue weighted by Crippen LogP contribution is 2.21. The molecule has 2 atom stereocenters. The quantitative estimate of drug-likeness (QED) is 0.882. The second kappa shape index (κ2) is 5.12. The summed E-state index contributed by atoms with van der Waals surface area (Å²) in [6.07, 6.45) is 0. The number of hydrogen-bond donors (Lipinski definition) is 1. The predicted octanol–water partition coefficient (Wildman–Crippen LogP) is 1.11. The number of benzene rings is 1. The van der Waals surface area contributed by atoms with Gasteiger partial charge in [-0.2, -0.15) is 0 Å². The van der Waals surface area contributed by atoms with Gasteiger partial charge in [0.2, 0.25) is 10.0 Å². The van der Waals surface area contributed by atoms with Crippen LogP contribution in [0.5, 0.6) is 0 Å². The molecule has 0 fully saturated rings. The lowest BCUT2D eigenvalue weighted by Crippen LogP contribution is -2.38. The van der Waals surface area contributed by atoms with Crippen molar-refractivity contribution in [3.05, 3.63) is 35.6 Å². The van der Waals surface area contributed by atoms with E-state index in [4.69, 9.17) is 5.73 Å². The van der Waals surface area contributed by atoms with Crippen molar-refractivity contribution < 1.29 is 12.8 Å². The fraction of sp³-hybridized carbons (Fsp3) is 0.455. The van der Waals surface area contributed by atoms with E-state index in [0.717, 1.165) is 4.31 Å². The largest absolute Gasteiger partial charge is 0.323 e. The average molecular weight is 260 g/mol. The molecule has 17 heavy (non-hydrogen) atoms. The lowest BCUT2D eigenvalue weighted by Gasteiger charge is -2.23. The van der Waals surface area contributed by atoms with Crippen LogP contribution in [-0.4, -0.2) is 32.1 Å². The van der Waals surface area contributed by atoms with Gasteiger partial charge in [-0.25, -0.2) is 17.1 Å². The van der Waals surface area contributed by atoms with Crippen LogP contribution in [0.25, 0.3) is 0 Å². The van der Waals surface area contributed by atoms with Gasteiger partial charge in [-0.15, -0.1) is 0 Å². The third-order valence-corrected chi connectivity index (χ3v) is 4.99. The standard InChI is InChI=1S/C11H17FN2O2S/c1-8(17(15,16)14(2)3)11(13)9-4-6-10(12)7-5-9/h4-8,11H,13H2,1-3H3. The second-order valence-electron chi connectivity index (χ2n) is 4.11. The summed E-state index contributed by atoms with van der Waals surface area (Å²) < 4.78 is 37.7. The van der Waals surface area contributed by atoms with Crippen molar-refractivity contribution in [2.24, 2.45) is 5.73 Å². The summed E-state index contributed by atoms with van der Waals surface area (Å²) >= 11 is 0. The molecule has 0 saturated carbocycles. The average Bonchev–Trinajstić information content (AvgIpc) is 2.27. The van der Waals surface area contributed by atoms with E-state index in [0.29, 0.717) is 5.56 Å². The molecule has 0 aliphatic heterocycles. The number of nitrogens with zero attached hydrogens (tertiary/aromatic N) is 1. The number of halogens is 1. The number of sulfonamides is 1. The summed E-state index contributed by atoms with van der Waals surface area (Å²) in [6.45, 7) is 1.54. The van der Waals surface area contributed by atoms with Crippen molar-refractivity contribution in [2.45, 2.75) is 18.2 Å². The number of hydrogen-bond acceptors (Lipinski definition) is 3. The number of nitrogens with two attached hydrogens (primary N) is 1. The van der Waals surface area contributed by atoms with Crippen molar-refractivity contribution in [3.8, 4) is 0 Å². The molecule has 0 heterocycles. The Morgan fingerprint density at radius 3 is 2.12 bits per heavy atom. The van der Waals surface area contributed by atoms with Crippen LogP contribution in [0.3, 0.4) is 0 Å². The Kier molecular flexibility index (Phi) is 4.24. The first-order valence-electron chi connectivity index (χ1n) is 5.19. The Balaban J connectivity index is 2.98. The zero-order valence-electron chi connectivity index (χ0n) is 10.1. The molecule has 6 heteroatoms. The van der Waals surface area contributed by atoms with Gasteiger partial charge < -0.3 is 5.73 Å². The highest BCUT2D eigenvalue weighted by molar-refractivity contribution is 7.89.